The third-order valence-electron chi connectivity index (χ3n) is 4.66. The van der Waals surface area contributed by atoms with Gasteiger partial charge in [0.2, 0.25) is 11.6 Å². The summed E-state index contributed by atoms with van der Waals surface area (Å²) in [5.74, 6) is 1.35. The molecule has 1 aromatic rings. The second-order valence-corrected chi connectivity index (χ2v) is 5.78. The molecule has 7 heteroatoms. The summed E-state index contributed by atoms with van der Waals surface area (Å²) in [4.78, 5) is 14.8. The lowest BCUT2D eigenvalue weighted by atomic mass is 9.73. The van der Waals surface area contributed by atoms with Crippen LogP contribution in [0, 0.1) is 23.0 Å². The third-order valence-corrected chi connectivity index (χ3v) is 4.66. The fourth-order valence-corrected chi connectivity index (χ4v) is 3.05. The van der Waals surface area contributed by atoms with Crippen molar-refractivity contribution in [1.29, 1.82) is 0 Å². The van der Waals surface area contributed by atoms with Crippen molar-refractivity contribution >= 4 is 11.6 Å². The molecule has 2 unspecified atom stereocenters. The quantitative estimate of drug-likeness (QED) is 0.649. The van der Waals surface area contributed by atoms with E-state index in [0.717, 1.165) is 19.3 Å². The van der Waals surface area contributed by atoms with Crippen LogP contribution in [0.1, 0.15) is 38.4 Å². The van der Waals surface area contributed by atoms with Gasteiger partial charge in [0.1, 0.15) is 0 Å². The molecule has 0 radical (unpaired) electrons. The van der Waals surface area contributed by atoms with Crippen LogP contribution < -0.4 is 11.1 Å². The standard InChI is InChI=1S/C13H23N5O2/c1-9-6-4-5-7-13(9,8-14)16-12-11(18(19)20)15-10(2)17(12)3/h9,16H,4-8,14H2,1-3H3. The average molecular weight is 281 g/mol. The van der Waals surface area contributed by atoms with Gasteiger partial charge in [-0.05, 0) is 28.7 Å². The molecule has 1 aliphatic rings. The molecule has 0 saturated heterocycles. The first-order valence-electron chi connectivity index (χ1n) is 7.07. The molecule has 7 nitrogen and oxygen atoms in total. The molecule has 1 saturated carbocycles. The molecule has 0 aromatic carbocycles. The second-order valence-electron chi connectivity index (χ2n) is 5.78. The van der Waals surface area contributed by atoms with Crippen molar-refractivity contribution in [2.45, 2.75) is 45.1 Å². The highest BCUT2D eigenvalue weighted by Gasteiger charge is 2.40. The van der Waals surface area contributed by atoms with E-state index in [-0.39, 0.29) is 11.4 Å². The van der Waals surface area contributed by atoms with Crippen LogP contribution in [0.25, 0.3) is 0 Å². The fourth-order valence-electron chi connectivity index (χ4n) is 3.05. The number of anilines is 1. The molecular formula is C13H23N5O2. The first kappa shape index (κ1) is 14.8. The minimum absolute atomic E-state index is 0.115. The zero-order valence-electron chi connectivity index (χ0n) is 12.3. The Morgan fingerprint density at radius 2 is 2.30 bits per heavy atom. The van der Waals surface area contributed by atoms with Gasteiger partial charge >= 0.3 is 5.82 Å². The molecule has 2 atom stereocenters. The Labute approximate surface area is 118 Å². The molecule has 1 aromatic heterocycles. The third kappa shape index (κ3) is 2.37. The van der Waals surface area contributed by atoms with Crippen molar-refractivity contribution in [3.05, 3.63) is 15.9 Å². The molecule has 112 valence electrons. The predicted molar refractivity (Wildman–Crippen MR) is 77.6 cm³/mol. The summed E-state index contributed by atoms with van der Waals surface area (Å²) >= 11 is 0. The molecule has 0 spiro atoms. The first-order valence-corrected chi connectivity index (χ1v) is 7.07. The summed E-state index contributed by atoms with van der Waals surface area (Å²) in [6.07, 6.45) is 4.32. The molecule has 2 rings (SSSR count). The molecule has 20 heavy (non-hydrogen) atoms. The van der Waals surface area contributed by atoms with Crippen molar-refractivity contribution in [3.63, 3.8) is 0 Å². The zero-order valence-corrected chi connectivity index (χ0v) is 12.3. The van der Waals surface area contributed by atoms with Gasteiger partial charge < -0.3 is 21.2 Å². The highest BCUT2D eigenvalue weighted by atomic mass is 16.6. The summed E-state index contributed by atoms with van der Waals surface area (Å²) in [5, 5.41) is 14.5. The van der Waals surface area contributed by atoms with E-state index in [9.17, 15) is 10.1 Å². The van der Waals surface area contributed by atoms with Crippen LogP contribution >= 0.6 is 0 Å². The van der Waals surface area contributed by atoms with E-state index in [0.29, 0.717) is 24.1 Å². The van der Waals surface area contributed by atoms with Crippen LogP contribution in [-0.4, -0.2) is 26.6 Å². The highest BCUT2D eigenvalue weighted by molar-refractivity contribution is 5.55. The van der Waals surface area contributed by atoms with Gasteiger partial charge in [-0.15, -0.1) is 0 Å². The minimum Gasteiger partial charge on any atom is -0.358 e. The van der Waals surface area contributed by atoms with Gasteiger partial charge in [0.25, 0.3) is 0 Å². The normalized spacial score (nSPS) is 26.5. The molecule has 0 amide bonds. The Kier molecular flexibility index (Phi) is 3.99. The van der Waals surface area contributed by atoms with Gasteiger partial charge in [0.05, 0.1) is 5.54 Å². The molecular weight excluding hydrogens is 258 g/mol. The maximum atomic E-state index is 11.2. The molecule has 1 heterocycles. The van der Waals surface area contributed by atoms with Gasteiger partial charge in [-0.2, -0.15) is 0 Å². The molecule has 0 aliphatic heterocycles. The van der Waals surface area contributed by atoms with Gasteiger partial charge in [-0.1, -0.05) is 19.8 Å². The number of nitro groups is 1. The Balaban J connectivity index is 2.39. The Bertz CT molecular complexity index is 513. The van der Waals surface area contributed by atoms with Crippen LogP contribution in [0.4, 0.5) is 11.6 Å². The summed E-state index contributed by atoms with van der Waals surface area (Å²) in [5.41, 5.74) is 5.72. The second kappa shape index (κ2) is 5.40. The van der Waals surface area contributed by atoms with E-state index < -0.39 is 4.92 Å². The topological polar surface area (TPSA) is 99.0 Å². The van der Waals surface area contributed by atoms with E-state index in [1.165, 1.54) is 6.42 Å². The Morgan fingerprint density at radius 3 is 2.85 bits per heavy atom. The summed E-state index contributed by atoms with van der Waals surface area (Å²) in [6.45, 7) is 4.39. The number of aromatic nitrogens is 2. The van der Waals surface area contributed by atoms with Crippen molar-refractivity contribution < 1.29 is 4.92 Å². The molecule has 3 N–H and O–H groups in total. The number of nitrogens with one attached hydrogen (secondary N) is 1. The van der Waals surface area contributed by atoms with Crippen LogP contribution in [-0.2, 0) is 7.05 Å². The predicted octanol–water partition coefficient (Wildman–Crippen LogP) is 1.96. The number of hydrogen-bond acceptors (Lipinski definition) is 5. The Hall–Kier alpha value is -1.63. The lowest BCUT2D eigenvalue weighted by molar-refractivity contribution is -0.388. The van der Waals surface area contributed by atoms with Gasteiger partial charge in [-0.25, -0.2) is 0 Å². The van der Waals surface area contributed by atoms with E-state index >= 15 is 0 Å². The lowest BCUT2D eigenvalue weighted by Gasteiger charge is -2.43. The zero-order chi connectivity index (χ0) is 14.9. The number of aryl methyl sites for hydroxylation is 1. The number of nitrogens with two attached hydrogens (primary N) is 1. The van der Waals surface area contributed by atoms with Gasteiger partial charge in [-0.3, -0.25) is 4.57 Å². The summed E-state index contributed by atoms with van der Waals surface area (Å²) in [7, 11) is 1.79. The van der Waals surface area contributed by atoms with Crippen LogP contribution in [0.5, 0.6) is 0 Å². The molecule has 1 aliphatic carbocycles. The Morgan fingerprint density at radius 1 is 1.60 bits per heavy atom. The van der Waals surface area contributed by atoms with Crippen molar-refractivity contribution in [2.75, 3.05) is 11.9 Å². The largest absolute Gasteiger partial charge is 0.406 e. The number of nitrogens with zero attached hydrogens (tertiary/aromatic N) is 3. The van der Waals surface area contributed by atoms with Crippen molar-refractivity contribution in [2.24, 2.45) is 18.7 Å². The maximum absolute atomic E-state index is 11.2. The van der Waals surface area contributed by atoms with Crippen LogP contribution in [0.15, 0.2) is 0 Å². The summed E-state index contributed by atoms with van der Waals surface area (Å²) < 4.78 is 1.73. The fraction of sp³-hybridized carbons (Fsp3) is 0.769. The minimum atomic E-state index is -0.437. The number of hydrogen-bond donors (Lipinski definition) is 2. The van der Waals surface area contributed by atoms with Crippen LogP contribution in [0.2, 0.25) is 0 Å². The lowest BCUT2D eigenvalue weighted by Crippen LogP contribution is -2.52. The summed E-state index contributed by atoms with van der Waals surface area (Å²) in [6, 6.07) is 0. The van der Waals surface area contributed by atoms with E-state index in [2.05, 4.69) is 17.2 Å². The van der Waals surface area contributed by atoms with E-state index in [1.54, 1.807) is 18.5 Å². The monoisotopic (exact) mass is 281 g/mol. The van der Waals surface area contributed by atoms with Crippen LogP contribution in [0.3, 0.4) is 0 Å². The maximum Gasteiger partial charge on any atom is 0.406 e. The number of rotatable bonds is 4. The smallest absolute Gasteiger partial charge is 0.358 e. The van der Waals surface area contributed by atoms with E-state index in [4.69, 9.17) is 5.73 Å². The van der Waals surface area contributed by atoms with Crippen molar-refractivity contribution in [1.82, 2.24) is 9.55 Å². The molecule has 1 fully saturated rings. The van der Waals surface area contributed by atoms with Gasteiger partial charge in [0, 0.05) is 20.5 Å². The van der Waals surface area contributed by atoms with Crippen molar-refractivity contribution in [3.8, 4) is 0 Å². The van der Waals surface area contributed by atoms with Gasteiger partial charge in [0.15, 0.2) is 0 Å². The average Bonchev–Trinajstić information content (AvgIpc) is 2.70. The van der Waals surface area contributed by atoms with E-state index in [1.807, 2.05) is 0 Å². The highest BCUT2D eigenvalue weighted by Crippen LogP contribution is 2.37. The number of imidazole rings is 1. The molecule has 0 bridgehead atoms. The SMILES string of the molecule is Cc1nc([N+](=O)[O-])c(NC2(CN)CCCCC2C)n1C. The first-order chi connectivity index (χ1) is 9.41.